The summed E-state index contributed by atoms with van der Waals surface area (Å²) in [6.45, 7) is 4.43. The topological polar surface area (TPSA) is 93.7 Å². The number of ether oxygens (including phenoxy) is 2. The minimum Gasteiger partial charge on any atom is -0.479 e. The van der Waals surface area contributed by atoms with Gasteiger partial charge in [0, 0.05) is 29.4 Å². The van der Waals surface area contributed by atoms with Crippen molar-refractivity contribution in [3.8, 4) is 17.1 Å². The molecule has 1 aliphatic heterocycles. The fourth-order valence-electron chi connectivity index (χ4n) is 4.21. The van der Waals surface area contributed by atoms with Gasteiger partial charge in [-0.15, -0.1) is 10.2 Å². The van der Waals surface area contributed by atoms with Crippen LogP contribution >= 0.6 is 0 Å². The Bertz CT molecular complexity index is 1470. The standard InChI is InChI=1S/C26H26N4O4S/c1-18-7-10-20(11-8-18)35(31,32)29-23-17-19(9-12-24(23)30-13-15-34-16-14-30)25-21-5-3-4-6-22(21)26(33-2)28-27-25/h3-12,17,29H,13-16H2,1-2H3. The number of fused-ring (bicyclic) bond motifs is 1. The molecule has 0 bridgehead atoms. The first-order chi connectivity index (χ1) is 17.0. The molecule has 0 spiro atoms. The van der Waals surface area contributed by atoms with E-state index in [1.807, 2.05) is 49.4 Å². The van der Waals surface area contributed by atoms with Crippen molar-refractivity contribution in [2.75, 3.05) is 43.0 Å². The summed E-state index contributed by atoms with van der Waals surface area (Å²) >= 11 is 0. The highest BCUT2D eigenvalue weighted by Gasteiger charge is 2.22. The van der Waals surface area contributed by atoms with Crippen molar-refractivity contribution in [3.63, 3.8) is 0 Å². The van der Waals surface area contributed by atoms with Crippen LogP contribution in [0.25, 0.3) is 22.0 Å². The number of sulfonamides is 1. The van der Waals surface area contributed by atoms with E-state index in [9.17, 15) is 8.42 Å². The van der Waals surface area contributed by atoms with Gasteiger partial charge in [0.25, 0.3) is 10.0 Å². The zero-order valence-electron chi connectivity index (χ0n) is 19.6. The molecular weight excluding hydrogens is 464 g/mol. The minimum atomic E-state index is -3.81. The molecule has 0 atom stereocenters. The van der Waals surface area contributed by atoms with Gasteiger partial charge in [-0.25, -0.2) is 8.42 Å². The Kier molecular flexibility index (Phi) is 6.27. The highest BCUT2D eigenvalue weighted by atomic mass is 32.2. The van der Waals surface area contributed by atoms with Gasteiger partial charge < -0.3 is 14.4 Å². The third kappa shape index (κ3) is 4.65. The van der Waals surface area contributed by atoms with Crippen molar-refractivity contribution < 1.29 is 17.9 Å². The number of hydrogen-bond acceptors (Lipinski definition) is 7. The number of morpholine rings is 1. The van der Waals surface area contributed by atoms with Gasteiger partial charge >= 0.3 is 0 Å². The molecule has 0 aliphatic carbocycles. The Morgan fingerprint density at radius 1 is 0.943 bits per heavy atom. The molecule has 1 fully saturated rings. The van der Waals surface area contributed by atoms with E-state index < -0.39 is 10.0 Å². The van der Waals surface area contributed by atoms with Crippen molar-refractivity contribution in [3.05, 3.63) is 72.3 Å². The first-order valence-corrected chi connectivity index (χ1v) is 12.8. The summed E-state index contributed by atoms with van der Waals surface area (Å²) in [7, 11) is -2.25. The zero-order chi connectivity index (χ0) is 24.4. The van der Waals surface area contributed by atoms with Crippen molar-refractivity contribution >= 4 is 32.2 Å². The molecular formula is C26H26N4O4S. The molecule has 0 radical (unpaired) electrons. The fourth-order valence-corrected chi connectivity index (χ4v) is 5.27. The van der Waals surface area contributed by atoms with Gasteiger partial charge in [0.15, 0.2) is 0 Å². The molecule has 35 heavy (non-hydrogen) atoms. The fraction of sp³-hybridized carbons (Fsp3) is 0.231. The van der Waals surface area contributed by atoms with Gasteiger partial charge in [-0.1, -0.05) is 42.0 Å². The van der Waals surface area contributed by atoms with Crippen LogP contribution in [0.3, 0.4) is 0 Å². The summed E-state index contributed by atoms with van der Waals surface area (Å²) in [4.78, 5) is 2.33. The van der Waals surface area contributed by atoms with E-state index in [1.165, 1.54) is 0 Å². The molecule has 1 N–H and O–H groups in total. The van der Waals surface area contributed by atoms with Gasteiger partial charge in [-0.2, -0.15) is 0 Å². The Morgan fingerprint density at radius 3 is 2.37 bits per heavy atom. The summed E-state index contributed by atoms with van der Waals surface area (Å²) < 4.78 is 40.3. The van der Waals surface area contributed by atoms with Crippen LogP contribution in [0.5, 0.6) is 5.88 Å². The lowest BCUT2D eigenvalue weighted by Crippen LogP contribution is -2.36. The summed E-state index contributed by atoms with van der Waals surface area (Å²) in [5.74, 6) is 0.439. The van der Waals surface area contributed by atoms with E-state index in [1.54, 1.807) is 31.4 Å². The van der Waals surface area contributed by atoms with Crippen LogP contribution in [0.15, 0.2) is 71.6 Å². The number of hydrogen-bond donors (Lipinski definition) is 1. The lowest BCUT2D eigenvalue weighted by atomic mass is 10.0. The molecule has 2 heterocycles. The molecule has 5 rings (SSSR count). The van der Waals surface area contributed by atoms with Crippen LogP contribution in [0.1, 0.15) is 5.56 Å². The van der Waals surface area contributed by atoms with Crippen LogP contribution in [0.4, 0.5) is 11.4 Å². The van der Waals surface area contributed by atoms with E-state index in [-0.39, 0.29) is 4.90 Å². The maximum absolute atomic E-state index is 13.3. The van der Waals surface area contributed by atoms with E-state index in [4.69, 9.17) is 9.47 Å². The van der Waals surface area contributed by atoms with Crippen molar-refractivity contribution in [2.45, 2.75) is 11.8 Å². The molecule has 4 aromatic rings. The average molecular weight is 491 g/mol. The minimum absolute atomic E-state index is 0.205. The molecule has 1 aliphatic rings. The quantitative estimate of drug-likeness (QED) is 0.432. The highest BCUT2D eigenvalue weighted by Crippen LogP contribution is 2.36. The highest BCUT2D eigenvalue weighted by molar-refractivity contribution is 7.92. The second-order valence-electron chi connectivity index (χ2n) is 8.35. The molecule has 0 saturated carbocycles. The summed E-state index contributed by atoms with van der Waals surface area (Å²) in [6.07, 6.45) is 0. The second kappa shape index (κ2) is 9.52. The molecule has 9 heteroatoms. The predicted molar refractivity (Wildman–Crippen MR) is 137 cm³/mol. The van der Waals surface area contributed by atoms with Crippen LogP contribution in [0, 0.1) is 6.92 Å². The predicted octanol–water partition coefficient (Wildman–Crippen LogP) is 4.25. The molecule has 1 saturated heterocycles. The van der Waals surface area contributed by atoms with Gasteiger partial charge in [0.05, 0.1) is 36.6 Å². The molecule has 0 amide bonds. The lowest BCUT2D eigenvalue weighted by Gasteiger charge is -2.31. The van der Waals surface area contributed by atoms with Crippen molar-refractivity contribution in [1.29, 1.82) is 0 Å². The number of aryl methyl sites for hydroxylation is 1. The monoisotopic (exact) mass is 490 g/mol. The van der Waals surface area contributed by atoms with Crippen molar-refractivity contribution in [1.82, 2.24) is 10.2 Å². The van der Waals surface area contributed by atoms with Crippen molar-refractivity contribution in [2.24, 2.45) is 0 Å². The maximum Gasteiger partial charge on any atom is 0.261 e. The van der Waals surface area contributed by atoms with Gasteiger partial charge in [-0.05, 0) is 37.3 Å². The third-order valence-electron chi connectivity index (χ3n) is 6.04. The number of nitrogens with zero attached hydrogens (tertiary/aromatic N) is 3. The summed E-state index contributed by atoms with van der Waals surface area (Å²) in [6, 6.07) is 20.2. The van der Waals surface area contributed by atoms with Crippen LogP contribution in [-0.2, 0) is 14.8 Å². The Labute approximate surface area is 204 Å². The molecule has 1 aromatic heterocycles. The normalized spacial score (nSPS) is 14.2. The van der Waals surface area contributed by atoms with E-state index >= 15 is 0 Å². The largest absolute Gasteiger partial charge is 0.479 e. The van der Waals surface area contributed by atoms with Crippen LogP contribution < -0.4 is 14.4 Å². The van der Waals surface area contributed by atoms with Gasteiger partial charge in [-0.3, -0.25) is 4.72 Å². The van der Waals surface area contributed by atoms with E-state index in [0.717, 1.165) is 27.6 Å². The third-order valence-corrected chi connectivity index (χ3v) is 7.43. The first-order valence-electron chi connectivity index (χ1n) is 11.3. The number of methoxy groups -OCH3 is 1. The Hall–Kier alpha value is -3.69. The van der Waals surface area contributed by atoms with Crippen LogP contribution in [0.2, 0.25) is 0 Å². The number of rotatable bonds is 6. The number of benzene rings is 3. The average Bonchev–Trinajstić information content (AvgIpc) is 2.88. The summed E-state index contributed by atoms with van der Waals surface area (Å²) in [5, 5.41) is 10.3. The smallest absolute Gasteiger partial charge is 0.261 e. The molecule has 8 nitrogen and oxygen atoms in total. The van der Waals surface area contributed by atoms with E-state index in [0.29, 0.717) is 43.6 Å². The SMILES string of the molecule is COc1nnc(-c2ccc(N3CCOCC3)c(NS(=O)(=O)c3ccc(C)cc3)c2)c2ccccc12. The maximum atomic E-state index is 13.3. The van der Waals surface area contributed by atoms with Gasteiger partial charge in [0.2, 0.25) is 5.88 Å². The zero-order valence-corrected chi connectivity index (χ0v) is 20.4. The number of nitrogens with one attached hydrogen (secondary N) is 1. The first kappa shape index (κ1) is 23.1. The number of aromatic nitrogens is 2. The van der Waals surface area contributed by atoms with Crippen LogP contribution in [-0.4, -0.2) is 52.0 Å². The molecule has 0 unspecified atom stereocenters. The van der Waals surface area contributed by atoms with E-state index in [2.05, 4.69) is 19.8 Å². The Balaban J connectivity index is 1.62. The second-order valence-corrected chi connectivity index (χ2v) is 10.0. The Morgan fingerprint density at radius 2 is 1.66 bits per heavy atom. The lowest BCUT2D eigenvalue weighted by molar-refractivity contribution is 0.123. The van der Waals surface area contributed by atoms with Gasteiger partial charge in [0.1, 0.15) is 5.69 Å². The number of anilines is 2. The molecule has 180 valence electrons. The summed E-state index contributed by atoms with van der Waals surface area (Å²) in [5.41, 5.74) is 3.65. The molecule has 3 aromatic carbocycles.